The van der Waals surface area contributed by atoms with Gasteiger partial charge < -0.3 is 20.1 Å². The summed E-state index contributed by atoms with van der Waals surface area (Å²) in [5.74, 6) is -2.63. The number of methoxy groups -OCH3 is 1. The highest BCUT2D eigenvalue weighted by atomic mass is 19.4. The van der Waals surface area contributed by atoms with E-state index in [2.05, 4.69) is 5.32 Å². The number of amides is 2. The van der Waals surface area contributed by atoms with Gasteiger partial charge in [-0.3, -0.25) is 9.59 Å². The Morgan fingerprint density at radius 1 is 1.18 bits per heavy atom. The van der Waals surface area contributed by atoms with Gasteiger partial charge in [0.2, 0.25) is 11.8 Å². The van der Waals surface area contributed by atoms with Crippen molar-refractivity contribution in [3.05, 3.63) is 53.6 Å². The summed E-state index contributed by atoms with van der Waals surface area (Å²) in [6, 6.07) is 8.66. The Kier molecular flexibility index (Phi) is 5.03. The van der Waals surface area contributed by atoms with Gasteiger partial charge in [-0.1, -0.05) is 6.07 Å². The molecule has 2 atom stereocenters. The topological polar surface area (TPSA) is 78.9 Å². The Balaban J connectivity index is 1.88. The first-order valence-electron chi connectivity index (χ1n) is 8.25. The van der Waals surface area contributed by atoms with E-state index in [-0.39, 0.29) is 5.69 Å². The molecule has 0 bridgehead atoms. The Bertz CT molecular complexity index is 912. The van der Waals surface area contributed by atoms with E-state index in [4.69, 9.17) is 4.74 Å². The molecule has 0 saturated carbocycles. The Morgan fingerprint density at radius 3 is 2.39 bits per heavy atom. The monoisotopic (exact) mass is 394 g/mol. The van der Waals surface area contributed by atoms with Crippen molar-refractivity contribution in [2.75, 3.05) is 24.4 Å². The Hall–Kier alpha value is -3.07. The second-order valence-corrected chi connectivity index (χ2v) is 6.28. The number of fused-ring (bicyclic) bond motifs is 1. The van der Waals surface area contributed by atoms with Crippen LogP contribution in [-0.4, -0.2) is 31.1 Å². The number of nitrogens with one attached hydrogen (secondary N) is 1. The van der Waals surface area contributed by atoms with E-state index in [1.54, 1.807) is 18.2 Å². The van der Waals surface area contributed by atoms with Crippen LogP contribution in [0.4, 0.5) is 24.5 Å². The Labute approximate surface area is 158 Å². The molecule has 0 spiro atoms. The molecule has 9 heteroatoms. The molecule has 6 nitrogen and oxygen atoms in total. The van der Waals surface area contributed by atoms with Crippen molar-refractivity contribution in [3.8, 4) is 5.75 Å². The highest BCUT2D eigenvalue weighted by molar-refractivity contribution is 6.14. The van der Waals surface area contributed by atoms with Gasteiger partial charge in [0.25, 0.3) is 0 Å². The molecule has 2 aromatic rings. The maximum absolute atomic E-state index is 12.6. The average molecular weight is 394 g/mol. The third kappa shape index (κ3) is 3.40. The van der Waals surface area contributed by atoms with Gasteiger partial charge in [0.05, 0.1) is 18.4 Å². The zero-order valence-corrected chi connectivity index (χ0v) is 14.9. The van der Waals surface area contributed by atoms with E-state index in [0.29, 0.717) is 17.0 Å². The summed E-state index contributed by atoms with van der Waals surface area (Å²) in [6.07, 6.45) is -5.97. The summed E-state index contributed by atoms with van der Waals surface area (Å²) in [5.41, 5.74) is -0.0840. The molecule has 0 fully saturated rings. The number of hydrogen-bond donors (Lipinski definition) is 2. The number of halogens is 3. The van der Waals surface area contributed by atoms with Crippen LogP contribution in [0.3, 0.4) is 0 Å². The summed E-state index contributed by atoms with van der Waals surface area (Å²) in [5, 5.41) is 13.1. The van der Waals surface area contributed by atoms with Gasteiger partial charge >= 0.3 is 6.18 Å². The molecule has 0 aromatic heterocycles. The van der Waals surface area contributed by atoms with Gasteiger partial charge in [0.1, 0.15) is 17.8 Å². The molecule has 0 saturated heterocycles. The van der Waals surface area contributed by atoms with E-state index < -0.39 is 35.6 Å². The van der Waals surface area contributed by atoms with Crippen molar-refractivity contribution in [2.45, 2.75) is 12.3 Å². The molecule has 0 radical (unpaired) electrons. The van der Waals surface area contributed by atoms with Crippen LogP contribution in [0.25, 0.3) is 0 Å². The molecular formula is C19H17F3N2O4. The number of benzene rings is 2. The lowest BCUT2D eigenvalue weighted by atomic mass is 9.87. The molecule has 2 amide bonds. The normalized spacial score (nSPS) is 19.2. The van der Waals surface area contributed by atoms with E-state index in [1.165, 1.54) is 19.1 Å². The van der Waals surface area contributed by atoms with E-state index >= 15 is 0 Å². The van der Waals surface area contributed by atoms with Crippen molar-refractivity contribution in [2.24, 2.45) is 5.92 Å². The number of rotatable bonds is 3. The molecular weight excluding hydrogens is 377 g/mol. The fraction of sp³-hybridized carbons (Fsp3) is 0.263. The number of ether oxygens (including phenoxy) is 1. The van der Waals surface area contributed by atoms with Crippen LogP contribution < -0.4 is 15.0 Å². The van der Waals surface area contributed by atoms with Crippen LogP contribution in [0, 0.1) is 5.92 Å². The first-order chi connectivity index (χ1) is 13.1. The van der Waals surface area contributed by atoms with Crippen LogP contribution in [-0.2, 0) is 15.8 Å². The zero-order valence-electron chi connectivity index (χ0n) is 14.9. The summed E-state index contributed by atoms with van der Waals surface area (Å²) in [7, 11) is 2.86. The molecule has 2 aromatic carbocycles. The number of aliphatic hydroxyl groups is 1. The number of alkyl halides is 3. The zero-order chi connectivity index (χ0) is 20.6. The fourth-order valence-corrected chi connectivity index (χ4v) is 3.15. The smallest absolute Gasteiger partial charge is 0.416 e. The lowest BCUT2D eigenvalue weighted by Gasteiger charge is -2.35. The van der Waals surface area contributed by atoms with Crippen LogP contribution in [0.5, 0.6) is 5.75 Å². The summed E-state index contributed by atoms with van der Waals surface area (Å²) >= 11 is 0. The van der Waals surface area contributed by atoms with Gasteiger partial charge in [0.15, 0.2) is 0 Å². The first kappa shape index (κ1) is 19.7. The predicted molar refractivity (Wildman–Crippen MR) is 94.9 cm³/mol. The predicted octanol–water partition coefficient (Wildman–Crippen LogP) is 2.98. The SMILES string of the molecule is COc1cccc2c1C(O)C(C(=O)Nc1ccc(C(F)(F)F)cc1)C(=O)N2C. The van der Waals surface area contributed by atoms with Gasteiger partial charge in [-0.15, -0.1) is 0 Å². The number of aliphatic hydroxyl groups excluding tert-OH is 1. The van der Waals surface area contributed by atoms with Crippen LogP contribution in [0.15, 0.2) is 42.5 Å². The van der Waals surface area contributed by atoms with Crippen molar-refractivity contribution in [1.82, 2.24) is 0 Å². The van der Waals surface area contributed by atoms with Crippen molar-refractivity contribution >= 4 is 23.2 Å². The molecule has 148 valence electrons. The molecule has 1 aliphatic rings. The average Bonchev–Trinajstić information content (AvgIpc) is 2.65. The fourth-order valence-electron chi connectivity index (χ4n) is 3.15. The van der Waals surface area contributed by atoms with Gasteiger partial charge in [-0.05, 0) is 36.4 Å². The number of nitrogens with zero attached hydrogens (tertiary/aromatic N) is 1. The van der Waals surface area contributed by atoms with Crippen LogP contribution >= 0.6 is 0 Å². The third-order valence-electron chi connectivity index (χ3n) is 4.59. The summed E-state index contributed by atoms with van der Waals surface area (Å²) in [4.78, 5) is 26.5. The van der Waals surface area contributed by atoms with E-state index in [9.17, 15) is 27.9 Å². The third-order valence-corrected chi connectivity index (χ3v) is 4.59. The van der Waals surface area contributed by atoms with E-state index in [1.807, 2.05) is 0 Å². The maximum Gasteiger partial charge on any atom is 0.416 e. The van der Waals surface area contributed by atoms with Gasteiger partial charge in [0, 0.05) is 18.3 Å². The highest BCUT2D eigenvalue weighted by Gasteiger charge is 2.44. The summed E-state index contributed by atoms with van der Waals surface area (Å²) in [6.45, 7) is 0. The minimum absolute atomic E-state index is 0.0754. The maximum atomic E-state index is 12.6. The standard InChI is InChI=1S/C19H17F3N2O4/c1-24-12-4-3-5-13(28-2)14(12)16(25)15(18(24)27)17(26)23-11-8-6-10(7-9-11)19(20,21)22/h3-9,15-16,25H,1-2H3,(H,23,26). The quantitative estimate of drug-likeness (QED) is 0.785. The molecule has 1 heterocycles. The largest absolute Gasteiger partial charge is 0.496 e. The lowest BCUT2D eigenvalue weighted by molar-refractivity contribution is -0.138. The van der Waals surface area contributed by atoms with E-state index in [0.717, 1.165) is 24.3 Å². The molecule has 2 unspecified atom stereocenters. The number of carbonyl (C=O) groups is 2. The van der Waals surface area contributed by atoms with Gasteiger partial charge in [-0.25, -0.2) is 0 Å². The molecule has 3 rings (SSSR count). The first-order valence-corrected chi connectivity index (χ1v) is 8.25. The van der Waals surface area contributed by atoms with Crippen molar-refractivity contribution < 1.29 is 32.6 Å². The molecule has 1 aliphatic heterocycles. The minimum Gasteiger partial charge on any atom is -0.496 e. The number of hydrogen-bond acceptors (Lipinski definition) is 4. The second kappa shape index (κ2) is 7.16. The van der Waals surface area contributed by atoms with Crippen molar-refractivity contribution in [1.29, 1.82) is 0 Å². The number of carbonyl (C=O) groups excluding carboxylic acids is 2. The Morgan fingerprint density at radius 2 is 1.82 bits per heavy atom. The second-order valence-electron chi connectivity index (χ2n) is 6.28. The van der Waals surface area contributed by atoms with Crippen molar-refractivity contribution in [3.63, 3.8) is 0 Å². The number of anilines is 2. The van der Waals surface area contributed by atoms with Crippen LogP contribution in [0.1, 0.15) is 17.2 Å². The molecule has 2 N–H and O–H groups in total. The lowest BCUT2D eigenvalue weighted by Crippen LogP contribution is -2.46. The van der Waals surface area contributed by atoms with Gasteiger partial charge in [-0.2, -0.15) is 13.2 Å². The molecule has 0 aliphatic carbocycles. The summed E-state index contributed by atoms with van der Waals surface area (Å²) < 4.78 is 43.2. The van der Waals surface area contributed by atoms with Crippen LogP contribution in [0.2, 0.25) is 0 Å². The minimum atomic E-state index is -4.50. The highest BCUT2D eigenvalue weighted by Crippen LogP contribution is 2.43. The molecule has 28 heavy (non-hydrogen) atoms.